The van der Waals surface area contributed by atoms with Gasteiger partial charge >= 0.3 is 0 Å². The van der Waals surface area contributed by atoms with E-state index < -0.39 is 16.1 Å². The lowest BCUT2D eigenvalue weighted by Crippen LogP contribution is -2.52. The van der Waals surface area contributed by atoms with Crippen molar-refractivity contribution in [3.05, 3.63) is 84.2 Å². The number of fused-ring (bicyclic) bond motifs is 1. The van der Waals surface area contributed by atoms with Gasteiger partial charge in [-0.05, 0) is 47.7 Å². The SMILES string of the molecule is Cn1nc(C2CCCN(C(=O)[C@H](Cc3ccccc3)NS(=O)(=O)c3ccc4ccccc4c3)C2)nc1N. The summed E-state index contributed by atoms with van der Waals surface area (Å²) in [7, 11) is -2.23. The lowest BCUT2D eigenvalue weighted by Gasteiger charge is -2.34. The lowest BCUT2D eigenvalue weighted by molar-refractivity contribution is -0.134. The highest BCUT2D eigenvalue weighted by molar-refractivity contribution is 7.89. The van der Waals surface area contributed by atoms with Crippen molar-refractivity contribution in [2.45, 2.75) is 36.1 Å². The van der Waals surface area contributed by atoms with Crippen LogP contribution in [-0.4, -0.2) is 53.1 Å². The van der Waals surface area contributed by atoms with Crippen LogP contribution in [0.5, 0.6) is 0 Å². The molecule has 2 heterocycles. The van der Waals surface area contributed by atoms with E-state index in [1.165, 1.54) is 4.68 Å². The maximum atomic E-state index is 13.8. The van der Waals surface area contributed by atoms with E-state index in [1.54, 1.807) is 30.1 Å². The van der Waals surface area contributed by atoms with Crippen molar-refractivity contribution in [2.75, 3.05) is 18.8 Å². The second-order valence-corrected chi connectivity index (χ2v) is 11.2. The van der Waals surface area contributed by atoms with E-state index in [0.717, 1.165) is 29.2 Å². The first-order valence-corrected chi connectivity index (χ1v) is 13.8. The second-order valence-electron chi connectivity index (χ2n) is 9.45. The van der Waals surface area contributed by atoms with Crippen LogP contribution < -0.4 is 10.5 Å². The van der Waals surface area contributed by atoms with Gasteiger partial charge in [-0.15, -0.1) is 0 Å². The first-order valence-electron chi connectivity index (χ1n) is 12.3. The molecule has 1 saturated heterocycles. The zero-order chi connectivity index (χ0) is 26.0. The molecule has 0 saturated carbocycles. The summed E-state index contributed by atoms with van der Waals surface area (Å²) < 4.78 is 31.2. The van der Waals surface area contributed by atoms with E-state index in [4.69, 9.17) is 5.73 Å². The fourth-order valence-electron chi connectivity index (χ4n) is 4.82. The molecule has 1 aliphatic rings. The highest BCUT2D eigenvalue weighted by Gasteiger charge is 2.34. The number of sulfonamides is 1. The zero-order valence-corrected chi connectivity index (χ0v) is 21.4. The molecule has 1 unspecified atom stereocenters. The molecule has 9 nitrogen and oxygen atoms in total. The third kappa shape index (κ3) is 5.50. The van der Waals surface area contributed by atoms with Gasteiger partial charge in [-0.3, -0.25) is 4.79 Å². The summed E-state index contributed by atoms with van der Waals surface area (Å²) in [6, 6.07) is 21.0. The smallest absolute Gasteiger partial charge is 0.241 e. The van der Waals surface area contributed by atoms with Gasteiger partial charge in [0.05, 0.1) is 4.90 Å². The summed E-state index contributed by atoms with van der Waals surface area (Å²) in [4.78, 5) is 20.0. The average Bonchev–Trinajstić information content (AvgIpc) is 3.26. The fourth-order valence-corrected chi connectivity index (χ4v) is 6.04. The maximum Gasteiger partial charge on any atom is 0.241 e. The second kappa shape index (κ2) is 10.3. The summed E-state index contributed by atoms with van der Waals surface area (Å²) in [6.45, 7) is 0.950. The summed E-state index contributed by atoms with van der Waals surface area (Å²) in [5.41, 5.74) is 6.74. The third-order valence-electron chi connectivity index (χ3n) is 6.82. The van der Waals surface area contributed by atoms with E-state index in [-0.39, 0.29) is 23.1 Å². The number of nitrogens with one attached hydrogen (secondary N) is 1. The molecule has 0 aliphatic carbocycles. The Hall–Kier alpha value is -3.76. The normalized spacial score (nSPS) is 17.1. The number of anilines is 1. The first kappa shape index (κ1) is 24.9. The van der Waals surface area contributed by atoms with Gasteiger partial charge in [0.15, 0.2) is 5.82 Å². The van der Waals surface area contributed by atoms with Gasteiger partial charge in [0.2, 0.25) is 21.9 Å². The summed E-state index contributed by atoms with van der Waals surface area (Å²) in [5, 5.41) is 6.16. The highest BCUT2D eigenvalue weighted by Crippen LogP contribution is 2.26. The molecule has 0 radical (unpaired) electrons. The summed E-state index contributed by atoms with van der Waals surface area (Å²) in [5.74, 6) is 0.606. The molecule has 192 valence electrons. The van der Waals surface area contributed by atoms with E-state index in [0.29, 0.717) is 24.9 Å². The number of aryl methyl sites for hydroxylation is 1. The van der Waals surface area contributed by atoms with Crippen molar-refractivity contribution in [1.82, 2.24) is 24.4 Å². The lowest BCUT2D eigenvalue weighted by atomic mass is 9.96. The van der Waals surface area contributed by atoms with E-state index in [1.807, 2.05) is 54.6 Å². The number of benzene rings is 3. The molecule has 0 spiro atoms. The van der Waals surface area contributed by atoms with Gasteiger partial charge in [0.25, 0.3) is 0 Å². The molecule has 1 amide bonds. The van der Waals surface area contributed by atoms with E-state index in [2.05, 4.69) is 14.8 Å². The molecule has 3 aromatic carbocycles. The number of rotatable bonds is 7. The van der Waals surface area contributed by atoms with Crippen molar-refractivity contribution in [3.63, 3.8) is 0 Å². The van der Waals surface area contributed by atoms with Crippen LogP contribution in [-0.2, 0) is 28.3 Å². The molecule has 1 aliphatic heterocycles. The average molecular weight is 519 g/mol. The van der Waals surface area contributed by atoms with Gasteiger partial charge in [0.1, 0.15) is 6.04 Å². The minimum atomic E-state index is -3.96. The van der Waals surface area contributed by atoms with Crippen LogP contribution in [0.25, 0.3) is 10.8 Å². The Balaban J connectivity index is 1.41. The standard InChI is InChI=1S/C27H30N6O3S/c1-32-27(28)29-25(30-32)22-12-7-15-33(18-22)26(34)24(16-19-8-3-2-4-9-19)31-37(35,36)23-14-13-20-10-5-6-11-21(20)17-23/h2-6,8-11,13-14,17,22,24,31H,7,12,15-16,18H2,1H3,(H2,28,29,30)/t22?,24-/m0/s1. The van der Waals surface area contributed by atoms with E-state index >= 15 is 0 Å². The molecular formula is C27H30N6O3S. The molecule has 10 heteroatoms. The van der Waals surface area contributed by atoms with Crippen LogP contribution >= 0.6 is 0 Å². The number of piperidine rings is 1. The minimum Gasteiger partial charge on any atom is -0.368 e. The number of likely N-dealkylation sites (tertiary alicyclic amines) is 1. The molecule has 5 rings (SSSR count). The number of hydrogen-bond donors (Lipinski definition) is 2. The van der Waals surface area contributed by atoms with Crippen molar-refractivity contribution in [1.29, 1.82) is 0 Å². The van der Waals surface area contributed by atoms with Crippen molar-refractivity contribution in [2.24, 2.45) is 7.05 Å². The number of carbonyl (C=O) groups excluding carboxylic acids is 1. The number of carbonyl (C=O) groups is 1. The number of aromatic nitrogens is 3. The Morgan fingerprint density at radius 3 is 2.54 bits per heavy atom. The Labute approximate surface area is 216 Å². The molecule has 3 N–H and O–H groups in total. The van der Waals surface area contributed by atoms with Crippen LogP contribution in [0.15, 0.2) is 77.7 Å². The van der Waals surface area contributed by atoms with E-state index in [9.17, 15) is 13.2 Å². The van der Waals surface area contributed by atoms with Crippen molar-refractivity contribution >= 4 is 32.7 Å². The zero-order valence-electron chi connectivity index (χ0n) is 20.6. The number of nitrogens with zero attached hydrogens (tertiary/aromatic N) is 4. The van der Waals surface area contributed by atoms with Crippen LogP contribution in [0.3, 0.4) is 0 Å². The predicted molar refractivity (Wildman–Crippen MR) is 142 cm³/mol. The largest absolute Gasteiger partial charge is 0.368 e. The number of amides is 1. The molecule has 1 aromatic heterocycles. The van der Waals surface area contributed by atoms with Crippen molar-refractivity contribution < 1.29 is 13.2 Å². The fraction of sp³-hybridized carbons (Fsp3) is 0.296. The molecule has 1 fully saturated rings. The number of hydrogen-bond acceptors (Lipinski definition) is 6. The van der Waals surface area contributed by atoms with Crippen LogP contribution in [0.1, 0.15) is 30.1 Å². The summed E-state index contributed by atoms with van der Waals surface area (Å²) >= 11 is 0. The van der Waals surface area contributed by atoms with Gasteiger partial charge in [-0.25, -0.2) is 13.1 Å². The Kier molecular flexibility index (Phi) is 6.94. The van der Waals surface area contributed by atoms with Crippen LogP contribution in [0.4, 0.5) is 5.95 Å². The van der Waals surface area contributed by atoms with Gasteiger partial charge in [0, 0.05) is 26.1 Å². The Bertz CT molecular complexity index is 1500. The molecule has 37 heavy (non-hydrogen) atoms. The van der Waals surface area contributed by atoms with Gasteiger partial charge < -0.3 is 10.6 Å². The minimum absolute atomic E-state index is 0.0596. The Morgan fingerprint density at radius 2 is 1.81 bits per heavy atom. The first-order chi connectivity index (χ1) is 17.8. The molecule has 4 aromatic rings. The summed E-state index contributed by atoms with van der Waals surface area (Å²) in [6.07, 6.45) is 1.84. The van der Waals surface area contributed by atoms with Crippen molar-refractivity contribution in [3.8, 4) is 0 Å². The van der Waals surface area contributed by atoms with Crippen LogP contribution in [0.2, 0.25) is 0 Å². The Morgan fingerprint density at radius 1 is 1.08 bits per heavy atom. The number of nitrogen functional groups attached to an aromatic ring is 1. The number of nitrogens with two attached hydrogens (primary N) is 1. The van der Waals surface area contributed by atoms with Gasteiger partial charge in [-0.1, -0.05) is 60.7 Å². The van der Waals surface area contributed by atoms with Crippen LogP contribution in [0, 0.1) is 0 Å². The molecule has 2 atom stereocenters. The third-order valence-corrected chi connectivity index (χ3v) is 8.29. The monoisotopic (exact) mass is 518 g/mol. The predicted octanol–water partition coefficient (Wildman–Crippen LogP) is 2.85. The van der Waals surface area contributed by atoms with Gasteiger partial charge in [-0.2, -0.15) is 14.8 Å². The highest BCUT2D eigenvalue weighted by atomic mass is 32.2. The maximum absolute atomic E-state index is 13.8. The topological polar surface area (TPSA) is 123 Å². The molecule has 0 bridgehead atoms. The molecular weight excluding hydrogens is 488 g/mol. The quantitative estimate of drug-likeness (QED) is 0.388.